The third-order valence-electron chi connectivity index (χ3n) is 2.73. The number of aryl methyl sites for hydroxylation is 1. The van der Waals surface area contributed by atoms with E-state index in [9.17, 15) is 4.79 Å². The van der Waals surface area contributed by atoms with E-state index < -0.39 is 0 Å². The summed E-state index contributed by atoms with van der Waals surface area (Å²) in [6.45, 7) is 2.13. The topological polar surface area (TPSA) is 17.1 Å². The molecule has 2 rings (SSSR count). The van der Waals surface area contributed by atoms with Gasteiger partial charge in [0.2, 0.25) is 0 Å². The minimum absolute atomic E-state index is 0.350. The third kappa shape index (κ3) is 1.68. The maximum absolute atomic E-state index is 11.8. The van der Waals surface area contributed by atoms with E-state index in [0.717, 1.165) is 24.1 Å². The molecule has 0 bridgehead atoms. The average Bonchev–Trinajstić information content (AvgIpc) is 2.48. The second-order valence-electron chi connectivity index (χ2n) is 3.61. The Bertz CT molecular complexity index is 310. The second-order valence-corrected chi connectivity index (χ2v) is 4.78. The molecule has 0 radical (unpaired) electrons. The van der Waals surface area contributed by atoms with Crippen molar-refractivity contribution in [3.05, 3.63) is 21.9 Å². The first-order chi connectivity index (χ1) is 6.31. The number of Topliss-reactive ketones (excluding diaryl/α,β-unsaturated/α-hetero) is 1. The van der Waals surface area contributed by atoms with Crippen LogP contribution in [0.15, 0.2) is 12.1 Å². The van der Waals surface area contributed by atoms with E-state index in [1.165, 1.54) is 11.3 Å². The van der Waals surface area contributed by atoms with Crippen LogP contribution in [0.5, 0.6) is 0 Å². The fourth-order valence-corrected chi connectivity index (χ4v) is 2.54. The highest BCUT2D eigenvalue weighted by Crippen LogP contribution is 2.31. The number of carbonyl (C=O) groups excluding carboxylic acids is 1. The van der Waals surface area contributed by atoms with Crippen molar-refractivity contribution in [1.29, 1.82) is 0 Å². The molecule has 0 amide bonds. The molecule has 0 N–H and O–H groups in total. The summed E-state index contributed by atoms with van der Waals surface area (Å²) in [5.74, 6) is 0.735. The lowest BCUT2D eigenvalue weighted by Gasteiger charge is -2.22. The molecule has 2 heteroatoms. The molecule has 0 atom stereocenters. The molecule has 70 valence electrons. The van der Waals surface area contributed by atoms with Gasteiger partial charge in [0.1, 0.15) is 0 Å². The van der Waals surface area contributed by atoms with E-state index >= 15 is 0 Å². The Morgan fingerprint density at radius 3 is 2.77 bits per heavy atom. The van der Waals surface area contributed by atoms with Gasteiger partial charge in [0, 0.05) is 10.8 Å². The van der Waals surface area contributed by atoms with Gasteiger partial charge >= 0.3 is 0 Å². The van der Waals surface area contributed by atoms with E-state index in [0.29, 0.717) is 11.7 Å². The summed E-state index contributed by atoms with van der Waals surface area (Å²) in [6.07, 6.45) is 4.50. The molecule has 0 aromatic carbocycles. The van der Waals surface area contributed by atoms with Gasteiger partial charge in [0.05, 0.1) is 4.88 Å². The Kier molecular flexibility index (Phi) is 2.49. The van der Waals surface area contributed by atoms with Crippen molar-refractivity contribution in [2.45, 2.75) is 32.6 Å². The minimum atomic E-state index is 0.350. The summed E-state index contributed by atoms with van der Waals surface area (Å²) in [7, 11) is 0. The SMILES string of the molecule is CCc1ccc(C(=O)C2CCC2)s1. The Balaban J connectivity index is 2.10. The zero-order valence-electron chi connectivity index (χ0n) is 7.88. The number of carbonyl (C=O) groups is 1. The largest absolute Gasteiger partial charge is 0.293 e. The van der Waals surface area contributed by atoms with E-state index in [-0.39, 0.29) is 0 Å². The van der Waals surface area contributed by atoms with Crippen molar-refractivity contribution in [3.8, 4) is 0 Å². The van der Waals surface area contributed by atoms with Gasteiger partial charge in [-0.3, -0.25) is 4.79 Å². The molecule has 0 unspecified atom stereocenters. The quantitative estimate of drug-likeness (QED) is 0.675. The summed E-state index contributed by atoms with van der Waals surface area (Å²) < 4.78 is 0. The van der Waals surface area contributed by atoms with Crippen LogP contribution in [0.2, 0.25) is 0 Å². The van der Waals surface area contributed by atoms with Crippen LogP contribution < -0.4 is 0 Å². The maximum atomic E-state index is 11.8. The zero-order valence-corrected chi connectivity index (χ0v) is 8.69. The molecule has 1 aromatic heterocycles. The first-order valence-corrected chi connectivity index (χ1v) is 5.76. The molecule has 1 aliphatic carbocycles. The van der Waals surface area contributed by atoms with Crippen molar-refractivity contribution in [2.24, 2.45) is 5.92 Å². The van der Waals surface area contributed by atoms with Gasteiger partial charge in [-0.15, -0.1) is 11.3 Å². The molecule has 1 saturated carbocycles. The van der Waals surface area contributed by atoms with Crippen molar-refractivity contribution in [2.75, 3.05) is 0 Å². The summed E-state index contributed by atoms with van der Waals surface area (Å²) >= 11 is 1.67. The molecule has 1 heterocycles. The molecular weight excluding hydrogens is 180 g/mol. The van der Waals surface area contributed by atoms with Crippen molar-refractivity contribution in [3.63, 3.8) is 0 Å². The van der Waals surface area contributed by atoms with Crippen LogP contribution in [-0.2, 0) is 6.42 Å². The summed E-state index contributed by atoms with van der Waals surface area (Å²) in [4.78, 5) is 14.1. The predicted octanol–water partition coefficient (Wildman–Crippen LogP) is 3.29. The molecule has 0 spiro atoms. The maximum Gasteiger partial charge on any atom is 0.175 e. The number of thiophene rings is 1. The molecule has 1 nitrogen and oxygen atoms in total. The Morgan fingerprint density at radius 2 is 2.31 bits per heavy atom. The van der Waals surface area contributed by atoms with Gasteiger partial charge in [-0.1, -0.05) is 13.3 Å². The molecule has 1 aromatic rings. The first-order valence-electron chi connectivity index (χ1n) is 4.94. The molecule has 0 saturated heterocycles. The molecule has 1 aliphatic rings. The van der Waals surface area contributed by atoms with Crippen molar-refractivity contribution >= 4 is 17.1 Å². The monoisotopic (exact) mass is 194 g/mol. The van der Waals surface area contributed by atoms with Crippen LogP contribution in [0.4, 0.5) is 0 Å². The van der Waals surface area contributed by atoms with Gasteiger partial charge in [-0.2, -0.15) is 0 Å². The highest BCUT2D eigenvalue weighted by atomic mass is 32.1. The smallest absolute Gasteiger partial charge is 0.175 e. The van der Waals surface area contributed by atoms with Crippen LogP contribution >= 0.6 is 11.3 Å². The third-order valence-corrected chi connectivity index (χ3v) is 3.97. The lowest BCUT2D eigenvalue weighted by atomic mass is 9.82. The lowest BCUT2D eigenvalue weighted by Crippen LogP contribution is -2.20. The van der Waals surface area contributed by atoms with Gasteiger partial charge in [-0.25, -0.2) is 0 Å². The number of ketones is 1. The van der Waals surface area contributed by atoms with Crippen LogP contribution in [0.1, 0.15) is 40.7 Å². The van der Waals surface area contributed by atoms with Crippen molar-refractivity contribution < 1.29 is 4.79 Å². The lowest BCUT2D eigenvalue weighted by molar-refractivity contribution is 0.0859. The molecular formula is C11H14OS. The Hall–Kier alpha value is -0.630. The number of rotatable bonds is 3. The molecule has 0 aliphatic heterocycles. The standard InChI is InChI=1S/C11H14OS/c1-2-9-6-7-10(13-9)11(12)8-4-3-5-8/h6-8H,2-5H2,1H3. The van der Waals surface area contributed by atoms with Gasteiger partial charge in [0.15, 0.2) is 5.78 Å². The summed E-state index contributed by atoms with van der Waals surface area (Å²) in [5.41, 5.74) is 0. The Labute approximate surface area is 82.8 Å². The normalized spacial score (nSPS) is 17.0. The first kappa shape index (κ1) is 8.95. The fourth-order valence-electron chi connectivity index (χ4n) is 1.57. The van der Waals surface area contributed by atoms with Crippen LogP contribution in [0, 0.1) is 5.92 Å². The van der Waals surface area contributed by atoms with Gasteiger partial charge in [0.25, 0.3) is 0 Å². The minimum Gasteiger partial charge on any atom is -0.293 e. The molecule has 1 fully saturated rings. The number of hydrogen-bond donors (Lipinski definition) is 0. The van der Waals surface area contributed by atoms with E-state index in [1.54, 1.807) is 11.3 Å². The van der Waals surface area contributed by atoms with Crippen LogP contribution in [-0.4, -0.2) is 5.78 Å². The highest BCUT2D eigenvalue weighted by molar-refractivity contribution is 7.14. The van der Waals surface area contributed by atoms with Crippen LogP contribution in [0.3, 0.4) is 0 Å². The van der Waals surface area contributed by atoms with E-state index in [2.05, 4.69) is 13.0 Å². The summed E-state index contributed by atoms with van der Waals surface area (Å²) in [5, 5.41) is 0. The van der Waals surface area contributed by atoms with Crippen LogP contribution in [0.25, 0.3) is 0 Å². The van der Waals surface area contributed by atoms with E-state index in [4.69, 9.17) is 0 Å². The Morgan fingerprint density at radius 1 is 1.54 bits per heavy atom. The zero-order chi connectivity index (χ0) is 9.26. The fraction of sp³-hybridized carbons (Fsp3) is 0.545. The average molecular weight is 194 g/mol. The highest BCUT2D eigenvalue weighted by Gasteiger charge is 2.26. The summed E-state index contributed by atoms with van der Waals surface area (Å²) in [6, 6.07) is 4.07. The number of hydrogen-bond acceptors (Lipinski definition) is 2. The second kappa shape index (κ2) is 3.62. The molecule has 13 heavy (non-hydrogen) atoms. The predicted molar refractivity (Wildman–Crippen MR) is 55.4 cm³/mol. The van der Waals surface area contributed by atoms with E-state index in [1.807, 2.05) is 6.07 Å². The van der Waals surface area contributed by atoms with Gasteiger partial charge < -0.3 is 0 Å². The van der Waals surface area contributed by atoms with Gasteiger partial charge in [-0.05, 0) is 31.4 Å². The van der Waals surface area contributed by atoms with Crippen molar-refractivity contribution in [1.82, 2.24) is 0 Å².